The number of fused-ring (bicyclic) bond motifs is 1. The summed E-state index contributed by atoms with van der Waals surface area (Å²) in [6.07, 6.45) is 3.00. The fourth-order valence-corrected chi connectivity index (χ4v) is 2.84. The van der Waals surface area contributed by atoms with Crippen LogP contribution in [-0.2, 0) is 4.74 Å². The normalized spacial score (nSPS) is 22.0. The van der Waals surface area contributed by atoms with Crippen molar-refractivity contribution in [2.24, 2.45) is 0 Å². The highest BCUT2D eigenvalue weighted by Gasteiger charge is 2.28. The van der Waals surface area contributed by atoms with Crippen LogP contribution in [0.3, 0.4) is 0 Å². The van der Waals surface area contributed by atoms with Gasteiger partial charge in [0.25, 0.3) is 11.5 Å². The molecule has 1 saturated heterocycles. The Hall–Kier alpha value is -2.21. The number of rotatable bonds is 1. The number of aromatic nitrogens is 2. The minimum atomic E-state index is -0.328. The lowest BCUT2D eigenvalue weighted by Gasteiger charge is -2.35. The molecule has 2 aromatic heterocycles. The van der Waals surface area contributed by atoms with Gasteiger partial charge in [-0.2, -0.15) is 0 Å². The molecule has 116 valence electrons. The van der Waals surface area contributed by atoms with Crippen LogP contribution in [0, 0.1) is 6.92 Å². The van der Waals surface area contributed by atoms with Gasteiger partial charge >= 0.3 is 0 Å². The summed E-state index contributed by atoms with van der Waals surface area (Å²) in [5.74, 6) is -0.282. The molecule has 0 N–H and O–H groups in total. The number of hydrogen-bond donors (Lipinski definition) is 0. The van der Waals surface area contributed by atoms with Gasteiger partial charge in [0.2, 0.25) is 0 Å². The first kappa shape index (κ1) is 14.7. The maximum atomic E-state index is 12.7. The maximum absolute atomic E-state index is 12.7. The molecule has 3 heterocycles. The molecule has 0 aromatic carbocycles. The van der Waals surface area contributed by atoms with E-state index in [-0.39, 0.29) is 29.2 Å². The van der Waals surface area contributed by atoms with Crippen molar-refractivity contribution in [3.63, 3.8) is 0 Å². The fraction of sp³-hybridized carbons (Fsp3) is 0.438. The highest BCUT2D eigenvalue weighted by Crippen LogP contribution is 2.13. The van der Waals surface area contributed by atoms with E-state index < -0.39 is 0 Å². The molecule has 1 aliphatic rings. The van der Waals surface area contributed by atoms with Gasteiger partial charge in [-0.1, -0.05) is 6.07 Å². The number of aryl methyl sites for hydroxylation is 1. The van der Waals surface area contributed by atoms with E-state index in [4.69, 9.17) is 4.74 Å². The van der Waals surface area contributed by atoms with Crippen molar-refractivity contribution >= 4 is 11.6 Å². The highest BCUT2D eigenvalue weighted by atomic mass is 16.5. The summed E-state index contributed by atoms with van der Waals surface area (Å²) in [7, 11) is 0. The number of nitrogens with zero attached hydrogens (tertiary/aromatic N) is 3. The van der Waals surface area contributed by atoms with Crippen LogP contribution < -0.4 is 5.56 Å². The second-order valence-corrected chi connectivity index (χ2v) is 5.88. The van der Waals surface area contributed by atoms with Gasteiger partial charge in [0.1, 0.15) is 11.2 Å². The SMILES string of the molecule is Cc1ccc2ncc(C(=O)N3C[C@H](C)O[C@@H](C)C3)c(=O)n2c1. The predicted molar refractivity (Wildman–Crippen MR) is 82.1 cm³/mol. The smallest absolute Gasteiger partial charge is 0.270 e. The number of pyridine rings is 1. The van der Waals surface area contributed by atoms with Crippen LogP contribution in [0.15, 0.2) is 29.3 Å². The van der Waals surface area contributed by atoms with Crippen molar-refractivity contribution in [3.05, 3.63) is 46.0 Å². The van der Waals surface area contributed by atoms with Gasteiger partial charge in [-0.3, -0.25) is 14.0 Å². The monoisotopic (exact) mass is 301 g/mol. The molecule has 2 atom stereocenters. The van der Waals surface area contributed by atoms with Gasteiger partial charge in [0.05, 0.1) is 12.2 Å². The quantitative estimate of drug-likeness (QED) is 0.795. The molecule has 0 aliphatic carbocycles. The Bertz CT molecular complexity index is 774. The van der Waals surface area contributed by atoms with Gasteiger partial charge in [-0.15, -0.1) is 0 Å². The van der Waals surface area contributed by atoms with E-state index in [2.05, 4.69) is 4.98 Å². The van der Waals surface area contributed by atoms with E-state index in [0.29, 0.717) is 18.7 Å². The number of amides is 1. The third kappa shape index (κ3) is 2.62. The van der Waals surface area contributed by atoms with Crippen LogP contribution in [0.1, 0.15) is 29.8 Å². The van der Waals surface area contributed by atoms with E-state index in [0.717, 1.165) is 5.56 Å². The Morgan fingerprint density at radius 2 is 1.95 bits per heavy atom. The maximum Gasteiger partial charge on any atom is 0.270 e. The number of carbonyl (C=O) groups is 1. The van der Waals surface area contributed by atoms with Crippen LogP contribution in [0.5, 0.6) is 0 Å². The van der Waals surface area contributed by atoms with Crippen molar-refractivity contribution < 1.29 is 9.53 Å². The molecule has 0 radical (unpaired) electrons. The molecule has 6 heteroatoms. The number of hydrogen-bond acceptors (Lipinski definition) is 4. The average Bonchev–Trinajstić information content (AvgIpc) is 2.46. The summed E-state index contributed by atoms with van der Waals surface area (Å²) < 4.78 is 7.05. The molecule has 0 spiro atoms. The Labute approximate surface area is 128 Å². The zero-order valence-electron chi connectivity index (χ0n) is 12.9. The first-order valence-corrected chi connectivity index (χ1v) is 7.38. The van der Waals surface area contributed by atoms with Crippen LogP contribution >= 0.6 is 0 Å². The summed E-state index contributed by atoms with van der Waals surface area (Å²) in [5.41, 5.74) is 1.25. The van der Waals surface area contributed by atoms with Crippen LogP contribution in [0.25, 0.3) is 5.65 Å². The van der Waals surface area contributed by atoms with Gasteiger partial charge in [-0.05, 0) is 32.4 Å². The van der Waals surface area contributed by atoms with E-state index >= 15 is 0 Å². The molecule has 1 amide bonds. The Morgan fingerprint density at radius 3 is 2.64 bits per heavy atom. The van der Waals surface area contributed by atoms with Gasteiger partial charge in [-0.25, -0.2) is 4.98 Å². The molecule has 6 nitrogen and oxygen atoms in total. The van der Waals surface area contributed by atoms with Crippen molar-refractivity contribution in [2.45, 2.75) is 33.0 Å². The first-order chi connectivity index (χ1) is 10.5. The van der Waals surface area contributed by atoms with Crippen molar-refractivity contribution in [2.75, 3.05) is 13.1 Å². The van der Waals surface area contributed by atoms with E-state index in [1.54, 1.807) is 17.2 Å². The number of carbonyl (C=O) groups excluding carboxylic acids is 1. The number of ether oxygens (including phenoxy) is 1. The minimum absolute atomic E-state index is 0.0360. The molecular weight excluding hydrogens is 282 g/mol. The average molecular weight is 301 g/mol. The fourth-order valence-electron chi connectivity index (χ4n) is 2.84. The Kier molecular flexibility index (Phi) is 3.70. The molecule has 0 unspecified atom stereocenters. The van der Waals surface area contributed by atoms with Crippen LogP contribution in [0.2, 0.25) is 0 Å². The predicted octanol–water partition coefficient (Wildman–Crippen LogP) is 1.25. The topological polar surface area (TPSA) is 63.9 Å². The molecule has 3 rings (SSSR count). The van der Waals surface area contributed by atoms with Crippen molar-refractivity contribution in [3.8, 4) is 0 Å². The standard InChI is InChI=1S/C16H19N3O3/c1-10-4-5-14-17-6-13(16(21)19(14)7-10)15(20)18-8-11(2)22-12(3)9-18/h4-7,11-12H,8-9H2,1-3H3/t11-,12-/m0/s1. The summed E-state index contributed by atoms with van der Waals surface area (Å²) in [5, 5.41) is 0. The largest absolute Gasteiger partial charge is 0.372 e. The highest BCUT2D eigenvalue weighted by molar-refractivity contribution is 5.93. The molecule has 22 heavy (non-hydrogen) atoms. The second-order valence-electron chi connectivity index (χ2n) is 5.88. The zero-order valence-corrected chi connectivity index (χ0v) is 12.9. The lowest BCUT2D eigenvalue weighted by molar-refractivity contribution is -0.0586. The summed E-state index contributed by atoms with van der Waals surface area (Å²) in [6.45, 7) is 6.71. The van der Waals surface area contributed by atoms with Gasteiger partial charge < -0.3 is 9.64 Å². The summed E-state index contributed by atoms with van der Waals surface area (Å²) in [6, 6.07) is 3.65. The van der Waals surface area contributed by atoms with Crippen LogP contribution in [0.4, 0.5) is 0 Å². The lowest BCUT2D eigenvalue weighted by atomic mass is 10.2. The third-order valence-electron chi connectivity index (χ3n) is 3.79. The van der Waals surface area contributed by atoms with Crippen molar-refractivity contribution in [1.82, 2.24) is 14.3 Å². The Balaban J connectivity index is 2.01. The number of morpholine rings is 1. The van der Waals surface area contributed by atoms with Gasteiger partial charge in [0.15, 0.2) is 0 Å². The first-order valence-electron chi connectivity index (χ1n) is 7.38. The molecule has 1 fully saturated rings. The summed E-state index contributed by atoms with van der Waals surface area (Å²) >= 11 is 0. The molecule has 0 bridgehead atoms. The van der Waals surface area contributed by atoms with Gasteiger partial charge in [0, 0.05) is 25.5 Å². The van der Waals surface area contributed by atoms with Crippen molar-refractivity contribution in [1.29, 1.82) is 0 Å². The third-order valence-corrected chi connectivity index (χ3v) is 3.79. The van der Waals surface area contributed by atoms with E-state index in [1.807, 2.05) is 26.8 Å². The molecule has 2 aromatic rings. The summed E-state index contributed by atoms with van der Waals surface area (Å²) in [4.78, 5) is 31.1. The lowest BCUT2D eigenvalue weighted by Crippen LogP contribution is -2.49. The van der Waals surface area contributed by atoms with E-state index in [1.165, 1.54) is 10.6 Å². The van der Waals surface area contributed by atoms with E-state index in [9.17, 15) is 9.59 Å². The van der Waals surface area contributed by atoms with Crippen LogP contribution in [-0.4, -0.2) is 45.5 Å². The molecule has 1 aliphatic heterocycles. The zero-order chi connectivity index (χ0) is 15.9. The minimum Gasteiger partial charge on any atom is -0.372 e. The molecular formula is C16H19N3O3. The Morgan fingerprint density at radius 1 is 1.27 bits per heavy atom. The second kappa shape index (κ2) is 5.53. The molecule has 0 saturated carbocycles.